The molecule has 2 aromatic rings. The van der Waals surface area contributed by atoms with Crippen molar-refractivity contribution in [2.24, 2.45) is 0 Å². The van der Waals surface area contributed by atoms with Gasteiger partial charge in [0.25, 0.3) is 10.0 Å². The van der Waals surface area contributed by atoms with Crippen molar-refractivity contribution < 1.29 is 23.1 Å². The molecule has 2 N–H and O–H groups in total. The second kappa shape index (κ2) is 7.79. The standard InChI is InChI=1S/C19H22N2O5S/c1-12-6-5-7-13(2)18(12)21(14(3)19(23)24)27(25,26)17-10-8-16(9-11-17)20-15(4)22/h5-11,14H,1-4H3,(H,20,22)(H,23,24). The van der Waals surface area contributed by atoms with Crippen molar-refractivity contribution >= 4 is 33.3 Å². The van der Waals surface area contributed by atoms with Gasteiger partial charge in [0.2, 0.25) is 5.91 Å². The summed E-state index contributed by atoms with van der Waals surface area (Å²) in [6.07, 6.45) is 0. The number of hydrogen-bond acceptors (Lipinski definition) is 4. The van der Waals surface area contributed by atoms with Crippen LogP contribution in [0.15, 0.2) is 47.4 Å². The zero-order chi connectivity index (χ0) is 20.4. The Balaban J connectivity index is 2.61. The number of hydrogen-bond donors (Lipinski definition) is 2. The van der Waals surface area contributed by atoms with Crippen LogP contribution in [-0.2, 0) is 19.6 Å². The smallest absolute Gasteiger partial charge is 0.327 e. The number of benzene rings is 2. The van der Waals surface area contributed by atoms with Crippen LogP contribution in [0, 0.1) is 13.8 Å². The highest BCUT2D eigenvalue weighted by atomic mass is 32.2. The molecule has 0 bridgehead atoms. The van der Waals surface area contributed by atoms with Gasteiger partial charge in [0.05, 0.1) is 10.6 Å². The van der Waals surface area contributed by atoms with Crippen molar-refractivity contribution in [3.63, 3.8) is 0 Å². The van der Waals surface area contributed by atoms with E-state index in [4.69, 9.17) is 0 Å². The number of anilines is 2. The highest BCUT2D eigenvalue weighted by molar-refractivity contribution is 7.93. The summed E-state index contributed by atoms with van der Waals surface area (Å²) < 4.78 is 27.5. The van der Waals surface area contributed by atoms with E-state index in [0.29, 0.717) is 22.5 Å². The van der Waals surface area contributed by atoms with Crippen molar-refractivity contribution in [2.75, 3.05) is 9.62 Å². The quantitative estimate of drug-likeness (QED) is 0.789. The van der Waals surface area contributed by atoms with Crippen molar-refractivity contribution in [1.82, 2.24) is 0 Å². The Morgan fingerprint density at radius 1 is 1.04 bits per heavy atom. The summed E-state index contributed by atoms with van der Waals surface area (Å²) in [5.41, 5.74) is 2.10. The van der Waals surface area contributed by atoms with Gasteiger partial charge in [0.1, 0.15) is 6.04 Å². The van der Waals surface area contributed by atoms with Gasteiger partial charge in [-0.25, -0.2) is 13.2 Å². The van der Waals surface area contributed by atoms with Crippen LogP contribution in [0.4, 0.5) is 11.4 Å². The highest BCUT2D eigenvalue weighted by Crippen LogP contribution is 2.32. The number of aryl methyl sites for hydroxylation is 2. The molecule has 0 aromatic heterocycles. The van der Waals surface area contributed by atoms with Gasteiger partial charge in [-0.2, -0.15) is 0 Å². The molecular weight excluding hydrogens is 368 g/mol. The molecule has 7 nitrogen and oxygen atoms in total. The Labute approximate surface area is 158 Å². The second-order valence-corrected chi connectivity index (χ2v) is 8.08. The van der Waals surface area contributed by atoms with Gasteiger partial charge in [-0.15, -0.1) is 0 Å². The first-order chi connectivity index (χ1) is 12.6. The lowest BCUT2D eigenvalue weighted by molar-refractivity contribution is -0.137. The minimum atomic E-state index is -4.15. The molecule has 0 aliphatic heterocycles. The van der Waals surface area contributed by atoms with Gasteiger partial charge < -0.3 is 10.4 Å². The van der Waals surface area contributed by atoms with Crippen molar-refractivity contribution in [1.29, 1.82) is 0 Å². The third-order valence-electron chi connectivity index (χ3n) is 4.10. The van der Waals surface area contributed by atoms with E-state index in [-0.39, 0.29) is 10.8 Å². The molecule has 0 aliphatic rings. The van der Waals surface area contributed by atoms with Crippen LogP contribution in [0.25, 0.3) is 0 Å². The molecule has 0 fully saturated rings. The van der Waals surface area contributed by atoms with Crippen LogP contribution < -0.4 is 9.62 Å². The molecule has 0 radical (unpaired) electrons. The van der Waals surface area contributed by atoms with Gasteiger partial charge in [0, 0.05) is 12.6 Å². The van der Waals surface area contributed by atoms with Crippen molar-refractivity contribution in [2.45, 2.75) is 38.6 Å². The zero-order valence-electron chi connectivity index (χ0n) is 15.6. The highest BCUT2D eigenvalue weighted by Gasteiger charge is 2.35. The van der Waals surface area contributed by atoms with Crippen molar-refractivity contribution in [3.05, 3.63) is 53.6 Å². The summed E-state index contributed by atoms with van der Waals surface area (Å²) >= 11 is 0. The third-order valence-corrected chi connectivity index (χ3v) is 5.99. The number of carboxylic acid groups (broad SMARTS) is 1. The van der Waals surface area contributed by atoms with E-state index in [9.17, 15) is 23.1 Å². The molecule has 1 amide bonds. The van der Waals surface area contributed by atoms with E-state index in [0.717, 1.165) is 4.31 Å². The normalized spacial score (nSPS) is 12.3. The topological polar surface area (TPSA) is 104 Å². The van der Waals surface area contributed by atoms with Gasteiger partial charge in [-0.3, -0.25) is 9.10 Å². The van der Waals surface area contributed by atoms with Gasteiger partial charge in [0.15, 0.2) is 0 Å². The number of para-hydroxylation sites is 1. The van der Waals surface area contributed by atoms with E-state index in [2.05, 4.69) is 5.32 Å². The van der Waals surface area contributed by atoms with Gasteiger partial charge >= 0.3 is 5.97 Å². The Morgan fingerprint density at radius 3 is 2.00 bits per heavy atom. The Hall–Kier alpha value is -2.87. The van der Waals surface area contributed by atoms with Crippen LogP contribution in [-0.4, -0.2) is 31.4 Å². The lowest BCUT2D eigenvalue weighted by atomic mass is 10.1. The maximum Gasteiger partial charge on any atom is 0.327 e. The number of carbonyl (C=O) groups excluding carboxylic acids is 1. The Morgan fingerprint density at radius 2 is 1.56 bits per heavy atom. The number of sulfonamides is 1. The van der Waals surface area contributed by atoms with E-state index in [1.807, 2.05) is 0 Å². The Kier molecular flexibility index (Phi) is 5.90. The summed E-state index contributed by atoms with van der Waals surface area (Å²) in [5.74, 6) is -1.53. The molecule has 1 unspecified atom stereocenters. The first kappa shape index (κ1) is 20.4. The van der Waals surface area contributed by atoms with Crippen LogP contribution >= 0.6 is 0 Å². The number of carbonyl (C=O) groups is 2. The maximum absolute atomic E-state index is 13.3. The molecular formula is C19H22N2O5S. The molecule has 0 aliphatic carbocycles. The third kappa shape index (κ3) is 4.28. The molecule has 0 heterocycles. The fourth-order valence-electron chi connectivity index (χ4n) is 2.80. The molecule has 2 aromatic carbocycles. The number of amides is 1. The predicted molar refractivity (Wildman–Crippen MR) is 103 cm³/mol. The molecule has 27 heavy (non-hydrogen) atoms. The van der Waals surface area contributed by atoms with Gasteiger partial charge in [-0.05, 0) is 56.2 Å². The molecule has 0 saturated heterocycles. The summed E-state index contributed by atoms with van der Waals surface area (Å²) in [4.78, 5) is 22.7. The monoisotopic (exact) mass is 390 g/mol. The lowest BCUT2D eigenvalue weighted by Gasteiger charge is -2.30. The molecule has 0 spiro atoms. The van der Waals surface area contributed by atoms with Crippen molar-refractivity contribution in [3.8, 4) is 0 Å². The zero-order valence-corrected chi connectivity index (χ0v) is 16.4. The van der Waals surface area contributed by atoms with Crippen LogP contribution in [0.2, 0.25) is 0 Å². The average Bonchev–Trinajstić information content (AvgIpc) is 2.57. The second-order valence-electron chi connectivity index (χ2n) is 6.26. The number of aliphatic carboxylic acids is 1. The van der Waals surface area contributed by atoms with E-state index < -0.39 is 22.0 Å². The fourth-order valence-corrected chi connectivity index (χ4v) is 4.54. The van der Waals surface area contributed by atoms with Crippen LogP contribution in [0.3, 0.4) is 0 Å². The first-order valence-electron chi connectivity index (χ1n) is 8.27. The van der Waals surface area contributed by atoms with Crippen LogP contribution in [0.1, 0.15) is 25.0 Å². The summed E-state index contributed by atoms with van der Waals surface area (Å²) in [7, 11) is -4.15. The minimum Gasteiger partial charge on any atom is -0.480 e. The first-order valence-corrected chi connectivity index (χ1v) is 9.71. The minimum absolute atomic E-state index is 0.0626. The lowest BCUT2D eigenvalue weighted by Crippen LogP contribution is -2.44. The maximum atomic E-state index is 13.3. The SMILES string of the molecule is CC(=O)Nc1ccc(S(=O)(=O)N(c2c(C)cccc2C)C(C)C(=O)O)cc1. The molecule has 1 atom stereocenters. The van der Waals surface area contributed by atoms with Crippen LogP contribution in [0.5, 0.6) is 0 Å². The predicted octanol–water partition coefficient (Wildman–Crippen LogP) is 2.93. The molecule has 0 saturated carbocycles. The summed E-state index contributed by atoms with van der Waals surface area (Å²) in [6, 6.07) is 9.56. The summed E-state index contributed by atoms with van der Waals surface area (Å²) in [5, 5.41) is 12.1. The molecule has 2 rings (SSSR count). The molecule has 8 heteroatoms. The largest absolute Gasteiger partial charge is 0.480 e. The fraction of sp³-hybridized carbons (Fsp3) is 0.263. The number of nitrogens with zero attached hydrogens (tertiary/aromatic N) is 1. The average molecular weight is 390 g/mol. The van der Waals surface area contributed by atoms with E-state index >= 15 is 0 Å². The number of carboxylic acids is 1. The number of nitrogens with one attached hydrogen (secondary N) is 1. The Bertz CT molecular complexity index is 948. The van der Waals surface area contributed by atoms with E-state index in [1.165, 1.54) is 38.1 Å². The van der Waals surface area contributed by atoms with Gasteiger partial charge in [-0.1, -0.05) is 18.2 Å². The summed E-state index contributed by atoms with van der Waals surface area (Å²) in [6.45, 7) is 6.15. The number of rotatable bonds is 6. The van der Waals surface area contributed by atoms with E-state index in [1.54, 1.807) is 32.0 Å². The molecule has 144 valence electrons.